The molecular weight excluding hydrogens is 276 g/mol. The summed E-state index contributed by atoms with van der Waals surface area (Å²) in [7, 11) is -0.483. The average Bonchev–Trinajstić information content (AvgIpc) is 2.52. The van der Waals surface area contributed by atoms with Crippen molar-refractivity contribution < 1.29 is 9.47 Å². The summed E-state index contributed by atoms with van der Waals surface area (Å²) in [6.45, 7) is 5.82. The van der Waals surface area contributed by atoms with Gasteiger partial charge in [-0.15, -0.1) is 0 Å². The van der Waals surface area contributed by atoms with Crippen LogP contribution in [0.2, 0.25) is 0 Å². The van der Waals surface area contributed by atoms with Crippen molar-refractivity contribution in [1.82, 2.24) is 0 Å². The van der Waals surface area contributed by atoms with Gasteiger partial charge in [0.1, 0.15) is 11.5 Å². The molecule has 2 nitrogen and oxygen atoms in total. The highest BCUT2D eigenvalue weighted by molar-refractivity contribution is 6.67. The largest absolute Gasteiger partial charge is 0.494 e. The predicted octanol–water partition coefficient (Wildman–Crippen LogP) is 2.38. The van der Waals surface area contributed by atoms with E-state index in [4.69, 9.17) is 9.47 Å². The lowest BCUT2D eigenvalue weighted by Gasteiger charge is -2.09. The van der Waals surface area contributed by atoms with Gasteiger partial charge in [-0.2, -0.15) is 0 Å². The van der Waals surface area contributed by atoms with Gasteiger partial charge in [0.25, 0.3) is 0 Å². The van der Waals surface area contributed by atoms with Gasteiger partial charge in [0.05, 0.1) is 22.7 Å². The molecule has 0 N–H and O–H groups in total. The lowest BCUT2D eigenvalue weighted by molar-refractivity contribution is 0.317. The van der Waals surface area contributed by atoms with Crippen molar-refractivity contribution in [3.63, 3.8) is 0 Å². The first kappa shape index (κ1) is 15.6. The summed E-state index contributed by atoms with van der Waals surface area (Å²) in [5.41, 5.74) is 0. The van der Waals surface area contributed by atoms with Crippen LogP contribution in [0.25, 0.3) is 0 Å². The number of benzene rings is 2. The maximum atomic E-state index is 5.71. The molecule has 0 aliphatic heterocycles. The van der Waals surface area contributed by atoms with Gasteiger partial charge in [0.15, 0.2) is 0 Å². The van der Waals surface area contributed by atoms with Crippen molar-refractivity contribution in [3.8, 4) is 11.5 Å². The smallest absolute Gasteiger partial charge is 0.119 e. The zero-order chi connectivity index (χ0) is 14.9. The molecule has 0 unspecified atom stereocenters. The zero-order valence-electron chi connectivity index (χ0n) is 13.0. The number of ether oxygens (including phenoxy) is 2. The third-order valence-electron chi connectivity index (χ3n) is 3.15. The van der Waals surface area contributed by atoms with Gasteiger partial charge in [-0.25, -0.2) is 0 Å². The Labute approximate surface area is 129 Å². The second-order valence-electron chi connectivity index (χ2n) is 5.17. The van der Waals surface area contributed by atoms with Crippen LogP contribution in [0.3, 0.4) is 0 Å². The molecule has 3 heteroatoms. The highest BCUT2D eigenvalue weighted by Crippen LogP contribution is 2.09. The number of hydrogen-bond donors (Lipinski definition) is 0. The molecule has 0 radical (unpaired) electrons. The van der Waals surface area contributed by atoms with E-state index >= 15 is 0 Å². The summed E-state index contributed by atoms with van der Waals surface area (Å²) in [5.74, 6) is 1.97. The Balaban J connectivity index is 2.03. The summed E-state index contributed by atoms with van der Waals surface area (Å²) >= 11 is 0. The number of hydrogen-bond acceptors (Lipinski definition) is 2. The van der Waals surface area contributed by atoms with Crippen molar-refractivity contribution in [3.05, 3.63) is 48.5 Å². The molecule has 0 saturated heterocycles. The van der Waals surface area contributed by atoms with Gasteiger partial charge in [-0.3, -0.25) is 0 Å². The predicted molar refractivity (Wildman–Crippen MR) is 92.3 cm³/mol. The van der Waals surface area contributed by atoms with Gasteiger partial charge in [-0.05, 0) is 37.1 Å². The van der Waals surface area contributed by atoms with Gasteiger partial charge in [-0.1, -0.05) is 48.5 Å². The molecule has 0 aliphatic rings. The van der Waals surface area contributed by atoms with E-state index < -0.39 is 9.52 Å². The molecule has 0 atom stereocenters. The van der Waals surface area contributed by atoms with E-state index in [1.165, 1.54) is 10.4 Å². The normalized spacial score (nSPS) is 10.4. The molecule has 0 amide bonds. The standard InChI is InChI=1S/C18H24O2Si/c1-3-11-19-15-7-5-9-17(13-15)21-18-10-6-8-16(14-18)20-12-4-2/h5-10,13-14H,3-4,11-12,21H2,1-2H3. The van der Waals surface area contributed by atoms with Crippen molar-refractivity contribution in [1.29, 1.82) is 0 Å². The van der Waals surface area contributed by atoms with Crippen LogP contribution in [0, 0.1) is 0 Å². The fraction of sp³-hybridized carbons (Fsp3) is 0.333. The maximum Gasteiger partial charge on any atom is 0.119 e. The zero-order valence-corrected chi connectivity index (χ0v) is 14.4. The van der Waals surface area contributed by atoms with E-state index in [1.807, 2.05) is 12.1 Å². The van der Waals surface area contributed by atoms with E-state index in [-0.39, 0.29) is 0 Å². The van der Waals surface area contributed by atoms with Crippen molar-refractivity contribution in [2.45, 2.75) is 26.7 Å². The van der Waals surface area contributed by atoms with Gasteiger partial charge < -0.3 is 9.47 Å². The first-order valence-corrected chi connectivity index (χ1v) is 9.16. The average molecular weight is 300 g/mol. The molecular formula is C18H24O2Si. The Morgan fingerprint density at radius 3 is 1.67 bits per heavy atom. The minimum atomic E-state index is -0.483. The summed E-state index contributed by atoms with van der Waals surface area (Å²) < 4.78 is 11.4. The molecule has 0 bridgehead atoms. The first-order valence-electron chi connectivity index (χ1n) is 7.75. The van der Waals surface area contributed by atoms with E-state index in [1.54, 1.807) is 0 Å². The quantitative estimate of drug-likeness (QED) is 0.697. The SMILES string of the molecule is CCCOc1cccc([SiH2]c2cccc(OCCC)c2)c1. The van der Waals surface area contributed by atoms with Crippen LogP contribution in [0.15, 0.2) is 48.5 Å². The Kier molecular flexibility index (Phi) is 6.35. The van der Waals surface area contributed by atoms with Gasteiger partial charge in [0.2, 0.25) is 0 Å². The van der Waals surface area contributed by atoms with Crippen LogP contribution < -0.4 is 19.8 Å². The van der Waals surface area contributed by atoms with E-state index in [2.05, 4.69) is 50.2 Å². The summed E-state index contributed by atoms with van der Waals surface area (Å²) in [4.78, 5) is 0. The fourth-order valence-corrected chi connectivity index (χ4v) is 3.75. The van der Waals surface area contributed by atoms with E-state index in [0.29, 0.717) is 0 Å². The topological polar surface area (TPSA) is 18.5 Å². The summed E-state index contributed by atoms with van der Waals surface area (Å²) in [6.07, 6.45) is 2.08. The van der Waals surface area contributed by atoms with Crippen LogP contribution in [0.1, 0.15) is 26.7 Å². The fourth-order valence-electron chi connectivity index (χ4n) is 2.17. The molecule has 2 aromatic carbocycles. The molecule has 0 saturated carbocycles. The Bertz CT molecular complexity index is 505. The second kappa shape index (κ2) is 8.52. The second-order valence-corrected chi connectivity index (χ2v) is 7.16. The molecule has 0 fully saturated rings. The molecule has 21 heavy (non-hydrogen) atoms. The third kappa shape index (κ3) is 5.27. The highest BCUT2D eigenvalue weighted by atomic mass is 28.2. The Hall–Kier alpha value is -1.74. The number of rotatable bonds is 8. The summed E-state index contributed by atoms with van der Waals surface area (Å²) in [6, 6.07) is 17.0. The highest BCUT2D eigenvalue weighted by Gasteiger charge is 2.02. The van der Waals surface area contributed by atoms with E-state index in [9.17, 15) is 0 Å². The van der Waals surface area contributed by atoms with Gasteiger partial charge in [0, 0.05) is 0 Å². The lowest BCUT2D eigenvalue weighted by atomic mass is 10.3. The van der Waals surface area contributed by atoms with Crippen LogP contribution in [-0.4, -0.2) is 22.7 Å². The molecule has 112 valence electrons. The van der Waals surface area contributed by atoms with Crippen LogP contribution in [-0.2, 0) is 0 Å². The Morgan fingerprint density at radius 2 is 1.24 bits per heavy atom. The maximum absolute atomic E-state index is 5.71. The van der Waals surface area contributed by atoms with Crippen LogP contribution in [0.5, 0.6) is 11.5 Å². The minimum Gasteiger partial charge on any atom is -0.494 e. The van der Waals surface area contributed by atoms with Crippen molar-refractivity contribution >= 4 is 19.9 Å². The van der Waals surface area contributed by atoms with E-state index in [0.717, 1.165) is 37.6 Å². The third-order valence-corrected chi connectivity index (χ3v) is 4.85. The molecule has 2 aromatic rings. The van der Waals surface area contributed by atoms with Crippen molar-refractivity contribution in [2.75, 3.05) is 13.2 Å². The molecule has 0 spiro atoms. The Morgan fingerprint density at radius 1 is 0.762 bits per heavy atom. The van der Waals surface area contributed by atoms with Crippen LogP contribution in [0.4, 0.5) is 0 Å². The first-order chi connectivity index (χ1) is 10.3. The monoisotopic (exact) mass is 300 g/mol. The minimum absolute atomic E-state index is 0.483. The molecule has 0 aromatic heterocycles. The molecule has 0 heterocycles. The van der Waals surface area contributed by atoms with Crippen molar-refractivity contribution in [2.24, 2.45) is 0 Å². The lowest BCUT2D eigenvalue weighted by Crippen LogP contribution is -2.27. The van der Waals surface area contributed by atoms with Crippen LogP contribution >= 0.6 is 0 Å². The van der Waals surface area contributed by atoms with Gasteiger partial charge >= 0.3 is 0 Å². The summed E-state index contributed by atoms with van der Waals surface area (Å²) in [5, 5.41) is 2.80. The molecule has 2 rings (SSSR count). The molecule has 0 aliphatic carbocycles.